The minimum atomic E-state index is -2.35. The number of hydrogen-bond acceptors (Lipinski definition) is 2. The first-order chi connectivity index (χ1) is 6.44. The third-order valence-electron chi connectivity index (χ3n) is 2.55. The molecule has 0 spiro atoms. The van der Waals surface area contributed by atoms with Gasteiger partial charge in [-0.25, -0.2) is 8.78 Å². The van der Waals surface area contributed by atoms with Gasteiger partial charge in [-0.2, -0.15) is 0 Å². The van der Waals surface area contributed by atoms with Crippen molar-refractivity contribution in [2.24, 2.45) is 10.9 Å². The van der Waals surface area contributed by atoms with Crippen molar-refractivity contribution in [3.05, 3.63) is 0 Å². The van der Waals surface area contributed by atoms with Crippen LogP contribution in [0.25, 0.3) is 0 Å². The molecule has 1 rings (SSSR count). The van der Waals surface area contributed by atoms with Gasteiger partial charge in [0.15, 0.2) is 5.17 Å². The van der Waals surface area contributed by atoms with Crippen molar-refractivity contribution in [3.8, 4) is 0 Å². The molecule has 1 atom stereocenters. The molecule has 0 aromatic heterocycles. The second-order valence-electron chi connectivity index (χ2n) is 4.02. The normalized spacial score (nSPS) is 30.4. The largest absolute Gasteiger partial charge is 0.359 e. The standard InChI is InChI=1S/C9H16F2N2S/c1-6(2)9(3)5-14-8(13-9)12-4-7(10)11/h6-7H,4-5H2,1-3H3,(H,12,13). The van der Waals surface area contributed by atoms with Crippen LogP contribution in [0.2, 0.25) is 0 Å². The first kappa shape index (κ1) is 11.8. The summed E-state index contributed by atoms with van der Waals surface area (Å²) in [5.74, 6) is 1.36. The van der Waals surface area contributed by atoms with Crippen LogP contribution in [0.5, 0.6) is 0 Å². The highest BCUT2D eigenvalue weighted by atomic mass is 32.2. The van der Waals surface area contributed by atoms with Crippen LogP contribution in [-0.4, -0.2) is 29.4 Å². The molecule has 1 aliphatic rings. The smallest absolute Gasteiger partial charge is 0.257 e. The predicted octanol–water partition coefficient (Wildman–Crippen LogP) is 2.36. The van der Waals surface area contributed by atoms with Crippen LogP contribution in [0.4, 0.5) is 8.78 Å². The van der Waals surface area contributed by atoms with Gasteiger partial charge in [0, 0.05) is 11.3 Å². The van der Waals surface area contributed by atoms with E-state index >= 15 is 0 Å². The number of amidine groups is 1. The highest BCUT2D eigenvalue weighted by molar-refractivity contribution is 8.14. The van der Waals surface area contributed by atoms with Crippen molar-refractivity contribution < 1.29 is 8.78 Å². The lowest BCUT2D eigenvalue weighted by Gasteiger charge is -2.28. The van der Waals surface area contributed by atoms with E-state index in [1.54, 1.807) is 0 Å². The van der Waals surface area contributed by atoms with Crippen molar-refractivity contribution >= 4 is 16.9 Å². The van der Waals surface area contributed by atoms with Gasteiger partial charge < -0.3 is 5.32 Å². The maximum Gasteiger partial charge on any atom is 0.257 e. The minimum Gasteiger partial charge on any atom is -0.359 e. The Morgan fingerprint density at radius 2 is 2.21 bits per heavy atom. The van der Waals surface area contributed by atoms with Gasteiger partial charge in [-0.1, -0.05) is 25.6 Å². The minimum absolute atomic E-state index is 0.00831. The number of nitrogens with zero attached hydrogens (tertiary/aromatic N) is 1. The van der Waals surface area contributed by atoms with E-state index in [4.69, 9.17) is 0 Å². The predicted molar refractivity (Wildman–Crippen MR) is 57.1 cm³/mol. The molecule has 0 radical (unpaired) electrons. The zero-order chi connectivity index (χ0) is 10.8. The average molecular weight is 222 g/mol. The monoisotopic (exact) mass is 222 g/mol. The van der Waals surface area contributed by atoms with Crippen molar-refractivity contribution in [1.29, 1.82) is 0 Å². The van der Waals surface area contributed by atoms with Gasteiger partial charge in [-0.3, -0.25) is 4.99 Å². The van der Waals surface area contributed by atoms with Crippen molar-refractivity contribution in [2.75, 3.05) is 12.3 Å². The number of aliphatic imine (C=N–C) groups is 1. The van der Waals surface area contributed by atoms with Crippen LogP contribution < -0.4 is 5.32 Å². The van der Waals surface area contributed by atoms with Gasteiger partial charge in [0.2, 0.25) is 0 Å². The lowest BCUT2D eigenvalue weighted by atomic mass is 9.91. The molecule has 0 aliphatic carbocycles. The highest BCUT2D eigenvalue weighted by Gasteiger charge is 2.35. The lowest BCUT2D eigenvalue weighted by molar-refractivity contribution is 0.158. The molecule has 1 saturated heterocycles. The number of nitrogens with one attached hydrogen (secondary N) is 1. The number of rotatable bonds is 3. The fourth-order valence-corrected chi connectivity index (χ4v) is 2.40. The molecule has 5 heteroatoms. The summed E-state index contributed by atoms with van der Waals surface area (Å²) in [4.78, 5) is 3.82. The van der Waals surface area contributed by atoms with Gasteiger partial charge >= 0.3 is 0 Å². The molecule has 1 unspecified atom stereocenters. The van der Waals surface area contributed by atoms with Gasteiger partial charge in [0.1, 0.15) is 6.54 Å². The molecular formula is C9H16F2N2S. The summed E-state index contributed by atoms with van der Waals surface area (Å²) >= 11 is 1.53. The lowest BCUT2D eigenvalue weighted by Crippen LogP contribution is -2.45. The van der Waals surface area contributed by atoms with Crippen molar-refractivity contribution in [1.82, 2.24) is 5.32 Å². The highest BCUT2D eigenvalue weighted by Crippen LogP contribution is 2.29. The van der Waals surface area contributed by atoms with Crippen LogP contribution in [0.1, 0.15) is 20.8 Å². The molecule has 1 heterocycles. The van der Waals surface area contributed by atoms with Crippen LogP contribution in [0.15, 0.2) is 4.99 Å². The Hall–Kier alpha value is -0.320. The molecule has 0 saturated carbocycles. The second kappa shape index (κ2) is 4.47. The van der Waals surface area contributed by atoms with E-state index in [0.29, 0.717) is 11.1 Å². The summed E-state index contributed by atoms with van der Waals surface area (Å²) in [7, 11) is 0. The molecule has 1 N–H and O–H groups in total. The SMILES string of the molecule is CC(C)C1(C)CSC(=NCC(F)F)N1. The summed E-state index contributed by atoms with van der Waals surface area (Å²) in [5.41, 5.74) is -0.00831. The third-order valence-corrected chi connectivity index (χ3v) is 3.80. The Labute approximate surface area is 87.6 Å². The quantitative estimate of drug-likeness (QED) is 0.792. The molecule has 0 aromatic carbocycles. The van der Waals surface area contributed by atoms with Crippen LogP contribution >= 0.6 is 11.8 Å². The summed E-state index contributed by atoms with van der Waals surface area (Å²) in [6, 6.07) is 0. The Morgan fingerprint density at radius 3 is 2.64 bits per heavy atom. The van der Waals surface area contributed by atoms with E-state index < -0.39 is 13.0 Å². The van der Waals surface area contributed by atoms with Gasteiger partial charge in [-0.05, 0) is 12.8 Å². The third kappa shape index (κ3) is 2.83. The van der Waals surface area contributed by atoms with E-state index in [0.717, 1.165) is 5.75 Å². The first-order valence-corrected chi connectivity index (χ1v) is 5.66. The molecule has 82 valence electrons. The summed E-state index contributed by atoms with van der Waals surface area (Å²) in [5, 5.41) is 3.86. The maximum atomic E-state index is 11.9. The zero-order valence-corrected chi connectivity index (χ0v) is 9.50. The molecule has 1 fully saturated rings. The van der Waals surface area contributed by atoms with E-state index in [2.05, 4.69) is 31.1 Å². The van der Waals surface area contributed by atoms with E-state index in [-0.39, 0.29) is 5.54 Å². The summed E-state index contributed by atoms with van der Waals surface area (Å²) in [6.07, 6.45) is -2.35. The zero-order valence-electron chi connectivity index (χ0n) is 8.68. The fraction of sp³-hybridized carbons (Fsp3) is 0.889. The van der Waals surface area contributed by atoms with Crippen LogP contribution in [0, 0.1) is 5.92 Å². The van der Waals surface area contributed by atoms with Crippen LogP contribution in [-0.2, 0) is 0 Å². The van der Waals surface area contributed by atoms with Crippen molar-refractivity contribution in [3.63, 3.8) is 0 Å². The number of alkyl halides is 2. The Kier molecular flexibility index (Phi) is 3.75. The maximum absolute atomic E-state index is 11.9. The molecule has 2 nitrogen and oxygen atoms in total. The van der Waals surface area contributed by atoms with Crippen LogP contribution in [0.3, 0.4) is 0 Å². The average Bonchev–Trinajstić information content (AvgIpc) is 2.45. The Morgan fingerprint density at radius 1 is 1.57 bits per heavy atom. The van der Waals surface area contributed by atoms with Gasteiger partial charge in [0.05, 0.1) is 0 Å². The molecule has 0 amide bonds. The topological polar surface area (TPSA) is 24.4 Å². The van der Waals surface area contributed by atoms with Crippen molar-refractivity contribution in [2.45, 2.75) is 32.7 Å². The summed E-state index contributed by atoms with van der Waals surface area (Å²) < 4.78 is 23.8. The number of hydrogen-bond donors (Lipinski definition) is 1. The molecular weight excluding hydrogens is 206 g/mol. The second-order valence-corrected chi connectivity index (χ2v) is 4.99. The molecule has 0 bridgehead atoms. The summed E-state index contributed by atoms with van der Waals surface area (Å²) in [6.45, 7) is 5.92. The molecule has 14 heavy (non-hydrogen) atoms. The van der Waals surface area contributed by atoms with E-state index in [9.17, 15) is 8.78 Å². The molecule has 1 aliphatic heterocycles. The van der Waals surface area contributed by atoms with Gasteiger partial charge in [-0.15, -0.1) is 0 Å². The van der Waals surface area contributed by atoms with E-state index in [1.165, 1.54) is 11.8 Å². The number of thioether (sulfide) groups is 1. The fourth-order valence-electron chi connectivity index (χ4n) is 1.08. The molecule has 0 aromatic rings. The van der Waals surface area contributed by atoms with E-state index in [1.807, 2.05) is 0 Å². The van der Waals surface area contributed by atoms with Gasteiger partial charge in [0.25, 0.3) is 6.43 Å². The Balaban J connectivity index is 2.52. The Bertz CT molecular complexity index is 231. The number of halogens is 2. The first-order valence-electron chi connectivity index (χ1n) is 4.67.